The molecule has 0 amide bonds. The van der Waals surface area contributed by atoms with Gasteiger partial charge >= 0.3 is 0 Å². The Morgan fingerprint density at radius 1 is 0.509 bits per heavy atom. The normalized spacial score (nSPS) is 12.3. The van der Waals surface area contributed by atoms with Crippen LogP contribution in [0.2, 0.25) is 0 Å². The lowest BCUT2D eigenvalue weighted by molar-refractivity contribution is 0.341. The largest absolute Gasteiger partial charge is 0.494 e. The lowest BCUT2D eigenvalue weighted by Crippen LogP contribution is -2.55. The second-order valence-corrected chi connectivity index (χ2v) is 15.1. The summed E-state index contributed by atoms with van der Waals surface area (Å²) < 4.78 is 8.35. The van der Waals surface area contributed by atoms with Crippen molar-refractivity contribution in [3.63, 3.8) is 0 Å². The molecule has 0 fully saturated rings. The van der Waals surface area contributed by atoms with Crippen LogP contribution in [0.4, 0.5) is 0 Å². The van der Waals surface area contributed by atoms with Crippen LogP contribution in [0.25, 0.3) is 93.1 Å². The van der Waals surface area contributed by atoms with Gasteiger partial charge in [-0.25, -0.2) is 0 Å². The Bertz CT molecular complexity index is 3400. The fourth-order valence-electron chi connectivity index (χ4n) is 9.80. The first kappa shape index (κ1) is 32.1. The third-order valence-corrected chi connectivity index (χ3v) is 12.1. The Morgan fingerprint density at radius 3 is 2.11 bits per heavy atom. The SMILES string of the molecule is CCOc1ccc2c(c1)cc(-c1ccc3c(c1)B(c1ccc(-n4c5ccccc5c5ccccc54)c4ncccc14)c1cccc4nccc-3c14)c1ccccc12. The van der Waals surface area contributed by atoms with Gasteiger partial charge < -0.3 is 9.30 Å². The van der Waals surface area contributed by atoms with Crippen LogP contribution in [0.3, 0.4) is 0 Å². The molecular formula is C52H34BN3O. The van der Waals surface area contributed by atoms with Gasteiger partial charge in [-0.2, -0.15) is 0 Å². The first-order valence-electron chi connectivity index (χ1n) is 19.7. The van der Waals surface area contributed by atoms with Crippen LogP contribution in [-0.4, -0.2) is 27.9 Å². The highest BCUT2D eigenvalue weighted by atomic mass is 16.5. The molecule has 266 valence electrons. The quantitative estimate of drug-likeness (QED) is 0.131. The highest BCUT2D eigenvalue weighted by Gasteiger charge is 2.34. The average Bonchev–Trinajstić information content (AvgIpc) is 3.60. The van der Waals surface area contributed by atoms with E-state index in [-0.39, 0.29) is 6.71 Å². The molecule has 0 radical (unpaired) electrons. The van der Waals surface area contributed by atoms with Crippen molar-refractivity contribution in [2.24, 2.45) is 0 Å². The molecule has 3 aromatic heterocycles. The van der Waals surface area contributed by atoms with Crippen LogP contribution in [0.15, 0.2) is 176 Å². The molecule has 0 saturated carbocycles. The summed E-state index contributed by atoms with van der Waals surface area (Å²) in [4.78, 5) is 10.0. The Hall–Kier alpha value is -7.24. The van der Waals surface area contributed by atoms with Gasteiger partial charge in [0.05, 0.1) is 34.4 Å². The molecule has 0 bridgehead atoms. The summed E-state index contributed by atoms with van der Waals surface area (Å²) in [6.07, 6.45) is 3.88. The van der Waals surface area contributed by atoms with Crippen molar-refractivity contribution in [1.29, 1.82) is 0 Å². The maximum absolute atomic E-state index is 5.97. The van der Waals surface area contributed by atoms with E-state index in [1.54, 1.807) is 0 Å². The Morgan fingerprint density at radius 2 is 1.28 bits per heavy atom. The van der Waals surface area contributed by atoms with Crippen molar-refractivity contribution in [2.75, 3.05) is 6.61 Å². The fourth-order valence-corrected chi connectivity index (χ4v) is 9.80. The van der Waals surface area contributed by atoms with E-state index in [9.17, 15) is 0 Å². The molecule has 11 aromatic rings. The number of pyridine rings is 2. The average molecular weight is 728 g/mol. The monoisotopic (exact) mass is 727 g/mol. The van der Waals surface area contributed by atoms with Crippen LogP contribution in [0, 0.1) is 0 Å². The number of ether oxygens (including phenoxy) is 1. The number of hydrogen-bond donors (Lipinski definition) is 0. The highest BCUT2D eigenvalue weighted by molar-refractivity contribution is 6.99. The first-order chi connectivity index (χ1) is 28.2. The number of aromatic nitrogens is 3. The zero-order chi connectivity index (χ0) is 37.6. The van der Waals surface area contributed by atoms with Gasteiger partial charge in [0.25, 0.3) is 0 Å². The van der Waals surface area contributed by atoms with E-state index in [2.05, 4.69) is 168 Å². The molecule has 4 heterocycles. The molecule has 0 N–H and O–H groups in total. The van der Waals surface area contributed by atoms with Crippen LogP contribution in [0.1, 0.15) is 6.92 Å². The van der Waals surface area contributed by atoms with Gasteiger partial charge in [-0.1, -0.05) is 126 Å². The summed E-state index contributed by atoms with van der Waals surface area (Å²) in [7, 11) is 0. The lowest BCUT2D eigenvalue weighted by atomic mass is 9.33. The summed E-state index contributed by atoms with van der Waals surface area (Å²) in [6, 6.07) is 59.8. The molecule has 12 rings (SSSR count). The summed E-state index contributed by atoms with van der Waals surface area (Å²) in [5.74, 6) is 0.889. The van der Waals surface area contributed by atoms with E-state index in [4.69, 9.17) is 14.7 Å². The van der Waals surface area contributed by atoms with Crippen molar-refractivity contribution in [1.82, 2.24) is 14.5 Å². The topological polar surface area (TPSA) is 39.9 Å². The summed E-state index contributed by atoms with van der Waals surface area (Å²) >= 11 is 0. The minimum Gasteiger partial charge on any atom is -0.494 e. The van der Waals surface area contributed by atoms with Crippen molar-refractivity contribution in [3.8, 4) is 33.7 Å². The molecule has 0 spiro atoms. The molecule has 0 unspecified atom stereocenters. The third-order valence-electron chi connectivity index (χ3n) is 12.1. The van der Waals surface area contributed by atoms with Crippen LogP contribution >= 0.6 is 0 Å². The minimum absolute atomic E-state index is 0.0597. The van der Waals surface area contributed by atoms with Gasteiger partial charge in [0, 0.05) is 28.6 Å². The number of rotatable bonds is 5. The second kappa shape index (κ2) is 12.4. The predicted molar refractivity (Wildman–Crippen MR) is 240 cm³/mol. The van der Waals surface area contributed by atoms with Gasteiger partial charge in [-0.05, 0) is 111 Å². The van der Waals surface area contributed by atoms with E-state index in [0.717, 1.165) is 27.9 Å². The van der Waals surface area contributed by atoms with Crippen LogP contribution in [0.5, 0.6) is 5.75 Å². The van der Waals surface area contributed by atoms with E-state index in [1.807, 2.05) is 19.3 Å². The molecule has 0 saturated heterocycles. The van der Waals surface area contributed by atoms with E-state index in [1.165, 1.54) is 87.4 Å². The molecule has 1 aliphatic heterocycles. The fraction of sp³-hybridized carbons (Fsp3) is 0.0385. The number of para-hydroxylation sites is 2. The summed E-state index contributed by atoms with van der Waals surface area (Å²) in [5.41, 5.74) is 14.0. The summed E-state index contributed by atoms with van der Waals surface area (Å²) in [5, 5.41) is 9.70. The Balaban J connectivity index is 1.13. The summed E-state index contributed by atoms with van der Waals surface area (Å²) in [6.45, 7) is 2.60. The van der Waals surface area contributed by atoms with E-state index >= 15 is 0 Å². The van der Waals surface area contributed by atoms with Gasteiger partial charge in [0.1, 0.15) is 5.75 Å². The molecule has 57 heavy (non-hydrogen) atoms. The molecule has 8 aromatic carbocycles. The first-order valence-corrected chi connectivity index (χ1v) is 19.7. The van der Waals surface area contributed by atoms with Gasteiger partial charge in [-0.3, -0.25) is 9.97 Å². The minimum atomic E-state index is -0.0597. The standard InChI is InChI=1S/C52H34BN3O/c1-2-57-34-21-23-35-33(29-34)30-43(37-12-4-3-11-36(35)37)32-20-22-38-41-26-28-54-47-17-9-16-45(51(41)47)53(46(38)31-32)44-24-25-50(52-42(44)15-10-27-55-52)56-48-18-7-5-13-39(48)40-14-6-8-19-49(40)56/h3-31H,2H2,1H3. The van der Waals surface area contributed by atoms with Crippen LogP contribution in [-0.2, 0) is 0 Å². The molecule has 1 aliphatic rings. The molecule has 4 nitrogen and oxygen atoms in total. The van der Waals surface area contributed by atoms with Gasteiger partial charge in [0.15, 0.2) is 0 Å². The van der Waals surface area contributed by atoms with Crippen molar-refractivity contribution >= 4 is 88.3 Å². The highest BCUT2D eigenvalue weighted by Crippen LogP contribution is 2.39. The zero-order valence-corrected chi connectivity index (χ0v) is 31.3. The van der Waals surface area contributed by atoms with Crippen LogP contribution < -0.4 is 21.1 Å². The smallest absolute Gasteiger partial charge is 0.243 e. The third kappa shape index (κ3) is 4.69. The van der Waals surface area contributed by atoms with Gasteiger partial charge in [0.2, 0.25) is 6.71 Å². The Labute approximate surface area is 329 Å². The van der Waals surface area contributed by atoms with Crippen molar-refractivity contribution in [3.05, 3.63) is 176 Å². The van der Waals surface area contributed by atoms with E-state index < -0.39 is 0 Å². The maximum Gasteiger partial charge on any atom is 0.243 e. The predicted octanol–water partition coefficient (Wildman–Crippen LogP) is 10.7. The molecular weight excluding hydrogens is 693 g/mol. The maximum atomic E-state index is 5.97. The number of benzene rings is 8. The van der Waals surface area contributed by atoms with Crippen molar-refractivity contribution < 1.29 is 4.74 Å². The van der Waals surface area contributed by atoms with E-state index in [0.29, 0.717) is 6.61 Å². The second-order valence-electron chi connectivity index (χ2n) is 15.1. The lowest BCUT2D eigenvalue weighted by Gasteiger charge is -2.28. The zero-order valence-electron chi connectivity index (χ0n) is 31.3. The molecule has 0 aliphatic carbocycles. The van der Waals surface area contributed by atoms with Crippen molar-refractivity contribution in [2.45, 2.75) is 6.92 Å². The Kier molecular flexibility index (Phi) is 6.97. The number of nitrogens with zero attached hydrogens (tertiary/aromatic N) is 3. The number of hydrogen-bond acceptors (Lipinski definition) is 3. The molecule has 5 heteroatoms. The van der Waals surface area contributed by atoms with Gasteiger partial charge in [-0.15, -0.1) is 0 Å². The number of fused-ring (bicyclic) bond motifs is 9. The molecule has 0 atom stereocenters.